The maximum absolute atomic E-state index is 13.0. The zero-order valence-electron chi connectivity index (χ0n) is 17.2. The molecule has 0 bridgehead atoms. The maximum Gasteiger partial charge on any atom is 0.257 e. The van der Waals surface area contributed by atoms with Gasteiger partial charge in [0, 0.05) is 24.3 Å². The molecule has 0 radical (unpaired) electrons. The van der Waals surface area contributed by atoms with Crippen molar-refractivity contribution in [3.05, 3.63) is 81.0 Å². The van der Waals surface area contributed by atoms with E-state index in [4.69, 9.17) is 11.6 Å². The summed E-state index contributed by atoms with van der Waals surface area (Å²) < 4.78 is 27.4. The van der Waals surface area contributed by atoms with Gasteiger partial charge < -0.3 is 5.32 Å². The number of carbonyl (C=O) groups is 1. The van der Waals surface area contributed by atoms with E-state index in [1.165, 1.54) is 22.5 Å². The van der Waals surface area contributed by atoms with Gasteiger partial charge in [-0.2, -0.15) is 4.31 Å². The van der Waals surface area contributed by atoms with Crippen LogP contribution in [-0.2, 0) is 10.0 Å². The fraction of sp³-hybridized carbons (Fsp3) is 0.208. The largest absolute Gasteiger partial charge is 0.322 e. The zero-order chi connectivity index (χ0) is 22.6. The van der Waals surface area contributed by atoms with Gasteiger partial charge in [-0.25, -0.2) is 8.42 Å². The lowest BCUT2D eigenvalue weighted by Gasteiger charge is -2.26. The fourth-order valence-electron chi connectivity index (χ4n) is 3.45. The van der Waals surface area contributed by atoms with Crippen LogP contribution in [0.5, 0.6) is 0 Å². The first-order chi connectivity index (χ1) is 15.4. The number of carbonyl (C=O) groups excluding carboxylic acids is 1. The number of nitrogens with one attached hydrogen (secondary N) is 1. The molecule has 0 aliphatic carbocycles. The molecule has 164 valence electrons. The number of thiophene rings is 1. The monoisotopic (exact) mass is 484 g/mol. The zero-order valence-corrected chi connectivity index (χ0v) is 19.6. The van der Waals surface area contributed by atoms with Crippen LogP contribution in [0.3, 0.4) is 0 Å². The molecule has 0 unspecified atom stereocenters. The van der Waals surface area contributed by atoms with Crippen LogP contribution in [0.4, 0.5) is 5.69 Å². The molecule has 2 heterocycles. The van der Waals surface area contributed by atoms with Gasteiger partial charge in [0.15, 0.2) is 0 Å². The Labute approximate surface area is 197 Å². The second-order valence-electron chi connectivity index (χ2n) is 7.37. The number of hydrogen-bond donors (Lipinski definition) is 1. The van der Waals surface area contributed by atoms with Gasteiger partial charge in [-0.15, -0.1) is 11.3 Å². The Morgan fingerprint density at radius 1 is 1.00 bits per heavy atom. The smallest absolute Gasteiger partial charge is 0.257 e. The minimum absolute atomic E-state index is 0.0736. The molecule has 4 rings (SSSR count). The summed E-state index contributed by atoms with van der Waals surface area (Å²) >= 11 is 7.80. The molecule has 1 aromatic heterocycles. The van der Waals surface area contributed by atoms with Gasteiger partial charge in [0.25, 0.3) is 5.91 Å². The van der Waals surface area contributed by atoms with Crippen molar-refractivity contribution >= 4 is 44.6 Å². The Kier molecular flexibility index (Phi) is 6.97. The number of sulfonamides is 1. The summed E-state index contributed by atoms with van der Waals surface area (Å²) in [6, 6.07) is 15.3. The topological polar surface area (TPSA) is 66.5 Å². The van der Waals surface area contributed by atoms with Crippen LogP contribution < -0.4 is 5.32 Å². The third kappa shape index (κ3) is 5.22. The second-order valence-corrected chi connectivity index (χ2v) is 10.7. The van der Waals surface area contributed by atoms with Crippen molar-refractivity contribution in [2.45, 2.75) is 24.2 Å². The quantitative estimate of drug-likeness (QED) is 0.516. The van der Waals surface area contributed by atoms with Crippen LogP contribution in [0.1, 0.15) is 40.1 Å². The van der Waals surface area contributed by atoms with E-state index in [0.717, 1.165) is 29.7 Å². The third-order valence-corrected chi connectivity index (χ3v) is 8.12. The Hall–Kier alpha value is -2.63. The van der Waals surface area contributed by atoms with Gasteiger partial charge in [-0.1, -0.05) is 42.0 Å². The highest BCUT2D eigenvalue weighted by Crippen LogP contribution is 2.26. The van der Waals surface area contributed by atoms with Gasteiger partial charge in [-0.3, -0.25) is 4.79 Å². The molecule has 1 saturated heterocycles. The number of anilines is 1. The summed E-state index contributed by atoms with van der Waals surface area (Å²) in [6.45, 7) is 0.984. The highest BCUT2D eigenvalue weighted by Gasteiger charge is 2.27. The average molecular weight is 485 g/mol. The molecule has 1 aliphatic heterocycles. The molecule has 0 atom stereocenters. The standard InChI is InChI=1S/C24H21ClN2O3S2/c25-23-12-11-21(32(29,30)27-13-2-1-3-14-27)17-22(23)24(28)26-19-7-4-6-18(16-19)9-10-20-8-5-15-31-20/h4-8,11-12,15-17H,1-3,13-14H2,(H,26,28). The van der Waals surface area contributed by atoms with E-state index in [-0.39, 0.29) is 15.5 Å². The molecule has 32 heavy (non-hydrogen) atoms. The summed E-state index contributed by atoms with van der Waals surface area (Å²) in [5.41, 5.74) is 1.41. The van der Waals surface area contributed by atoms with Crippen LogP contribution in [0.15, 0.2) is 64.9 Å². The number of nitrogens with zero attached hydrogens (tertiary/aromatic N) is 1. The van der Waals surface area contributed by atoms with Crippen molar-refractivity contribution in [1.29, 1.82) is 0 Å². The van der Waals surface area contributed by atoms with Crippen LogP contribution in [0.25, 0.3) is 0 Å². The highest BCUT2D eigenvalue weighted by molar-refractivity contribution is 7.89. The van der Waals surface area contributed by atoms with Crippen molar-refractivity contribution in [3.63, 3.8) is 0 Å². The number of amides is 1. The first-order valence-electron chi connectivity index (χ1n) is 10.2. The Morgan fingerprint density at radius 3 is 2.56 bits per heavy atom. The van der Waals surface area contributed by atoms with E-state index < -0.39 is 15.9 Å². The number of hydrogen-bond acceptors (Lipinski definition) is 4. The molecule has 5 nitrogen and oxygen atoms in total. The molecule has 0 saturated carbocycles. The molecule has 8 heteroatoms. The van der Waals surface area contributed by atoms with E-state index in [1.807, 2.05) is 23.6 Å². The number of piperidine rings is 1. The molecule has 0 spiro atoms. The molecule has 2 aromatic carbocycles. The summed E-state index contributed by atoms with van der Waals surface area (Å²) in [5, 5.41) is 4.94. The number of halogens is 1. The van der Waals surface area contributed by atoms with Gasteiger partial charge in [0.2, 0.25) is 10.0 Å². The molecule has 1 N–H and O–H groups in total. The van der Waals surface area contributed by atoms with Crippen LogP contribution in [-0.4, -0.2) is 31.7 Å². The normalized spacial score (nSPS) is 14.4. The molecule has 1 fully saturated rings. The third-order valence-electron chi connectivity index (χ3n) is 5.11. The second kappa shape index (κ2) is 9.88. The Balaban J connectivity index is 1.55. The summed E-state index contributed by atoms with van der Waals surface area (Å²) in [5.74, 6) is 5.68. The Morgan fingerprint density at radius 2 is 1.81 bits per heavy atom. The SMILES string of the molecule is O=C(Nc1cccc(C#Cc2cccs2)c1)c1cc(S(=O)(=O)N2CCCCC2)ccc1Cl. The van der Waals surface area contributed by atoms with Crippen molar-refractivity contribution in [2.24, 2.45) is 0 Å². The van der Waals surface area contributed by atoms with Gasteiger partial charge in [-0.05, 0) is 60.7 Å². The maximum atomic E-state index is 13.0. The van der Waals surface area contributed by atoms with Gasteiger partial charge in [0.1, 0.15) is 0 Å². The van der Waals surface area contributed by atoms with Crippen LogP contribution in [0.2, 0.25) is 5.02 Å². The first-order valence-corrected chi connectivity index (χ1v) is 12.9. The van der Waals surface area contributed by atoms with Crippen molar-refractivity contribution < 1.29 is 13.2 Å². The van der Waals surface area contributed by atoms with Crippen molar-refractivity contribution in [1.82, 2.24) is 4.31 Å². The highest BCUT2D eigenvalue weighted by atomic mass is 35.5. The summed E-state index contributed by atoms with van der Waals surface area (Å²) in [6.07, 6.45) is 2.70. The predicted octanol–water partition coefficient (Wildman–Crippen LogP) is 5.23. The lowest BCUT2D eigenvalue weighted by molar-refractivity contribution is 0.102. The summed E-state index contributed by atoms with van der Waals surface area (Å²) in [7, 11) is -3.67. The predicted molar refractivity (Wildman–Crippen MR) is 129 cm³/mol. The van der Waals surface area contributed by atoms with Crippen molar-refractivity contribution in [2.75, 3.05) is 18.4 Å². The van der Waals surface area contributed by atoms with Gasteiger partial charge in [0.05, 0.1) is 20.4 Å². The molecule has 1 amide bonds. The average Bonchev–Trinajstić information content (AvgIpc) is 3.32. The lowest BCUT2D eigenvalue weighted by Crippen LogP contribution is -2.35. The molecular weight excluding hydrogens is 464 g/mol. The minimum atomic E-state index is -3.67. The number of rotatable bonds is 4. The lowest BCUT2D eigenvalue weighted by atomic mass is 10.1. The summed E-state index contributed by atoms with van der Waals surface area (Å²) in [4.78, 5) is 13.9. The van der Waals surface area contributed by atoms with Gasteiger partial charge >= 0.3 is 0 Å². The van der Waals surface area contributed by atoms with E-state index in [9.17, 15) is 13.2 Å². The van der Waals surface area contributed by atoms with E-state index in [2.05, 4.69) is 17.2 Å². The minimum Gasteiger partial charge on any atom is -0.322 e. The number of benzene rings is 2. The van der Waals surface area contributed by atoms with E-state index in [0.29, 0.717) is 18.8 Å². The molecule has 3 aromatic rings. The van der Waals surface area contributed by atoms with E-state index >= 15 is 0 Å². The van der Waals surface area contributed by atoms with Crippen molar-refractivity contribution in [3.8, 4) is 11.8 Å². The fourth-order valence-corrected chi connectivity index (χ4v) is 5.77. The van der Waals surface area contributed by atoms with Crippen LogP contribution >= 0.6 is 22.9 Å². The first kappa shape index (κ1) is 22.6. The van der Waals surface area contributed by atoms with E-state index in [1.54, 1.807) is 29.5 Å². The Bertz CT molecular complexity index is 1290. The molecule has 1 aliphatic rings. The van der Waals surface area contributed by atoms with Crippen LogP contribution in [0, 0.1) is 11.8 Å². The molecular formula is C24H21ClN2O3S2.